The maximum absolute atomic E-state index is 12.8. The molecule has 0 bridgehead atoms. The number of benzene rings is 3. The third-order valence-electron chi connectivity index (χ3n) is 4.23. The highest BCUT2D eigenvalue weighted by Gasteiger charge is 2.25. The summed E-state index contributed by atoms with van der Waals surface area (Å²) in [5.41, 5.74) is 2.34. The van der Waals surface area contributed by atoms with E-state index >= 15 is 0 Å². The average Bonchev–Trinajstić information content (AvgIpc) is 2.75. The van der Waals surface area contributed by atoms with Gasteiger partial charge in [0.2, 0.25) is 6.10 Å². The van der Waals surface area contributed by atoms with Gasteiger partial charge in [0.15, 0.2) is 0 Å². The van der Waals surface area contributed by atoms with Gasteiger partial charge in [-0.25, -0.2) is 0 Å². The number of nitrogens with one attached hydrogen (secondary N) is 1. The van der Waals surface area contributed by atoms with E-state index in [1.165, 1.54) is 0 Å². The minimum Gasteiger partial charge on any atom is -0.493 e. The normalized spacial score (nSPS) is 11.3. The van der Waals surface area contributed by atoms with Gasteiger partial charge in [-0.05, 0) is 31.2 Å². The van der Waals surface area contributed by atoms with Crippen molar-refractivity contribution in [2.75, 3.05) is 11.9 Å². The molecule has 0 saturated carbocycles. The second kappa shape index (κ2) is 10.1. The molecule has 0 aliphatic rings. The monoisotopic (exact) mass is 389 g/mol. The van der Waals surface area contributed by atoms with E-state index in [-0.39, 0.29) is 13.0 Å². The van der Waals surface area contributed by atoms with Gasteiger partial charge < -0.3 is 14.8 Å². The van der Waals surface area contributed by atoms with Crippen molar-refractivity contribution in [3.8, 4) is 5.75 Å². The highest BCUT2D eigenvalue weighted by molar-refractivity contribution is 5.96. The highest BCUT2D eigenvalue weighted by Crippen LogP contribution is 2.21. The maximum Gasteiger partial charge on any atom is 0.310 e. The van der Waals surface area contributed by atoms with Crippen molar-refractivity contribution in [3.63, 3.8) is 0 Å². The van der Waals surface area contributed by atoms with E-state index < -0.39 is 18.0 Å². The number of anilines is 1. The van der Waals surface area contributed by atoms with Crippen molar-refractivity contribution in [2.24, 2.45) is 0 Å². The van der Waals surface area contributed by atoms with Crippen molar-refractivity contribution >= 4 is 17.6 Å². The van der Waals surface area contributed by atoms with Gasteiger partial charge in [-0.1, -0.05) is 66.2 Å². The molecular weight excluding hydrogens is 366 g/mol. The molecule has 1 atom stereocenters. The lowest BCUT2D eigenvalue weighted by atomic mass is 10.1. The standard InChI is InChI=1S/C24H23NO4/c1-18-12-14-20(15-13-18)25-24(27)23(19-8-4-2-5-9-19)29-22(26)16-17-28-21-10-6-3-7-11-21/h2-15,23H,16-17H2,1H3,(H,25,27)/t23-/m1/s1. The Bertz CT molecular complexity index is 924. The van der Waals surface area contributed by atoms with Crippen molar-refractivity contribution in [1.29, 1.82) is 0 Å². The molecule has 148 valence electrons. The van der Waals surface area contributed by atoms with Crippen molar-refractivity contribution in [3.05, 3.63) is 96.1 Å². The number of para-hydroxylation sites is 1. The lowest BCUT2D eigenvalue weighted by Crippen LogP contribution is -2.26. The Morgan fingerprint density at radius 2 is 1.48 bits per heavy atom. The van der Waals surface area contributed by atoms with E-state index in [0.717, 1.165) is 5.56 Å². The number of carbonyl (C=O) groups excluding carboxylic acids is 2. The van der Waals surface area contributed by atoms with Crippen LogP contribution in [-0.2, 0) is 14.3 Å². The van der Waals surface area contributed by atoms with Gasteiger partial charge in [0.1, 0.15) is 5.75 Å². The van der Waals surface area contributed by atoms with Crippen LogP contribution in [0.4, 0.5) is 5.69 Å². The molecule has 3 aromatic carbocycles. The lowest BCUT2D eigenvalue weighted by molar-refractivity contribution is -0.155. The number of esters is 1. The van der Waals surface area contributed by atoms with Crippen LogP contribution in [0, 0.1) is 6.92 Å². The summed E-state index contributed by atoms with van der Waals surface area (Å²) in [6.07, 6.45) is -1.00. The van der Waals surface area contributed by atoms with Crippen LogP contribution in [0.15, 0.2) is 84.9 Å². The number of carbonyl (C=O) groups is 2. The minimum atomic E-state index is -1.04. The van der Waals surface area contributed by atoms with Crippen LogP contribution >= 0.6 is 0 Å². The number of ether oxygens (including phenoxy) is 2. The molecule has 0 spiro atoms. The Balaban J connectivity index is 1.63. The zero-order chi connectivity index (χ0) is 20.5. The molecule has 0 heterocycles. The topological polar surface area (TPSA) is 64.6 Å². The first kappa shape index (κ1) is 20.1. The quantitative estimate of drug-likeness (QED) is 0.568. The van der Waals surface area contributed by atoms with Crippen LogP contribution in [0.5, 0.6) is 5.75 Å². The predicted molar refractivity (Wildman–Crippen MR) is 112 cm³/mol. The summed E-state index contributed by atoms with van der Waals surface area (Å²) in [6.45, 7) is 2.14. The molecule has 0 fully saturated rings. The third kappa shape index (κ3) is 6.21. The van der Waals surface area contributed by atoms with Crippen LogP contribution in [-0.4, -0.2) is 18.5 Å². The Hall–Kier alpha value is -3.60. The fourth-order valence-electron chi connectivity index (χ4n) is 2.70. The summed E-state index contributed by atoms with van der Waals surface area (Å²) in [5.74, 6) is -0.233. The smallest absolute Gasteiger partial charge is 0.310 e. The fraction of sp³-hybridized carbons (Fsp3) is 0.167. The molecular formula is C24H23NO4. The van der Waals surface area contributed by atoms with E-state index in [4.69, 9.17) is 9.47 Å². The molecule has 1 amide bonds. The first-order valence-corrected chi connectivity index (χ1v) is 9.41. The summed E-state index contributed by atoms with van der Waals surface area (Å²) in [4.78, 5) is 25.1. The summed E-state index contributed by atoms with van der Waals surface area (Å²) in [6, 6.07) is 25.6. The van der Waals surface area contributed by atoms with Crippen LogP contribution < -0.4 is 10.1 Å². The average molecular weight is 389 g/mol. The van der Waals surface area contributed by atoms with E-state index in [1.54, 1.807) is 24.3 Å². The van der Waals surface area contributed by atoms with Crippen LogP contribution in [0.3, 0.4) is 0 Å². The van der Waals surface area contributed by atoms with Gasteiger partial charge in [0.25, 0.3) is 5.91 Å². The zero-order valence-corrected chi connectivity index (χ0v) is 16.2. The van der Waals surface area contributed by atoms with Crippen LogP contribution in [0.2, 0.25) is 0 Å². The number of aryl methyl sites for hydroxylation is 1. The van der Waals surface area contributed by atoms with Crippen LogP contribution in [0.1, 0.15) is 23.7 Å². The molecule has 0 aromatic heterocycles. The molecule has 0 aliphatic carbocycles. The van der Waals surface area contributed by atoms with Gasteiger partial charge in [-0.3, -0.25) is 9.59 Å². The summed E-state index contributed by atoms with van der Waals surface area (Å²) < 4.78 is 11.0. The van der Waals surface area contributed by atoms with Crippen molar-refractivity contribution in [1.82, 2.24) is 0 Å². The second-order valence-corrected chi connectivity index (χ2v) is 6.55. The molecule has 5 heteroatoms. The van der Waals surface area contributed by atoms with E-state index in [0.29, 0.717) is 17.0 Å². The molecule has 3 rings (SSSR count). The summed E-state index contributed by atoms with van der Waals surface area (Å²) >= 11 is 0. The Morgan fingerprint density at radius 1 is 0.862 bits per heavy atom. The first-order chi connectivity index (χ1) is 14.1. The zero-order valence-electron chi connectivity index (χ0n) is 16.2. The summed E-state index contributed by atoms with van der Waals surface area (Å²) in [7, 11) is 0. The summed E-state index contributed by atoms with van der Waals surface area (Å²) in [5, 5.41) is 2.81. The molecule has 1 N–H and O–H groups in total. The van der Waals surface area contributed by atoms with E-state index in [1.807, 2.05) is 67.6 Å². The molecule has 0 saturated heterocycles. The Morgan fingerprint density at radius 3 is 2.14 bits per heavy atom. The third-order valence-corrected chi connectivity index (χ3v) is 4.23. The number of hydrogen-bond donors (Lipinski definition) is 1. The van der Waals surface area contributed by atoms with E-state index in [2.05, 4.69) is 5.32 Å². The molecule has 0 radical (unpaired) electrons. The number of hydrogen-bond acceptors (Lipinski definition) is 4. The Labute approximate surface area is 170 Å². The molecule has 0 aliphatic heterocycles. The first-order valence-electron chi connectivity index (χ1n) is 9.41. The van der Waals surface area contributed by atoms with Gasteiger partial charge in [-0.15, -0.1) is 0 Å². The van der Waals surface area contributed by atoms with Gasteiger partial charge in [-0.2, -0.15) is 0 Å². The Kier molecular flexibility index (Phi) is 7.00. The highest BCUT2D eigenvalue weighted by atomic mass is 16.6. The number of rotatable bonds is 8. The predicted octanol–water partition coefficient (Wildman–Crippen LogP) is 4.69. The van der Waals surface area contributed by atoms with Gasteiger partial charge in [0, 0.05) is 11.3 Å². The van der Waals surface area contributed by atoms with Crippen molar-refractivity contribution < 1.29 is 19.1 Å². The van der Waals surface area contributed by atoms with Gasteiger partial charge in [0.05, 0.1) is 13.0 Å². The fourth-order valence-corrected chi connectivity index (χ4v) is 2.70. The molecule has 5 nitrogen and oxygen atoms in total. The van der Waals surface area contributed by atoms with E-state index in [9.17, 15) is 9.59 Å². The van der Waals surface area contributed by atoms with Crippen LogP contribution in [0.25, 0.3) is 0 Å². The molecule has 29 heavy (non-hydrogen) atoms. The molecule has 0 unspecified atom stereocenters. The SMILES string of the molecule is Cc1ccc(NC(=O)[C@H](OC(=O)CCOc2ccccc2)c2ccccc2)cc1. The molecule has 3 aromatic rings. The second-order valence-electron chi connectivity index (χ2n) is 6.55. The minimum absolute atomic E-state index is 0.0377. The largest absolute Gasteiger partial charge is 0.493 e. The number of amides is 1. The van der Waals surface area contributed by atoms with Gasteiger partial charge >= 0.3 is 5.97 Å². The lowest BCUT2D eigenvalue weighted by Gasteiger charge is -2.18. The maximum atomic E-state index is 12.8. The van der Waals surface area contributed by atoms with Crippen molar-refractivity contribution in [2.45, 2.75) is 19.4 Å².